The van der Waals surface area contributed by atoms with E-state index in [1.54, 1.807) is 12.1 Å². The van der Waals surface area contributed by atoms with Crippen LogP contribution in [0, 0.1) is 5.92 Å². The number of hydrogen-bond acceptors (Lipinski definition) is 3. The molecule has 0 unspecified atom stereocenters. The summed E-state index contributed by atoms with van der Waals surface area (Å²) in [5, 5.41) is 0. The van der Waals surface area contributed by atoms with Gasteiger partial charge in [-0.05, 0) is 31.9 Å². The van der Waals surface area contributed by atoms with Crippen LogP contribution in [-0.2, 0) is 14.4 Å². The van der Waals surface area contributed by atoms with Crippen LogP contribution < -0.4 is 10.6 Å². The molecule has 3 amide bonds. The van der Waals surface area contributed by atoms with E-state index in [4.69, 9.17) is 5.73 Å². The van der Waals surface area contributed by atoms with Crippen LogP contribution in [0.25, 0.3) is 0 Å². The summed E-state index contributed by atoms with van der Waals surface area (Å²) < 4.78 is 0. The SMILES string of the molecule is CCN(C(=O)C(=O)N1CCC(C(N)=O)CC1)c1ccccc1. The van der Waals surface area contributed by atoms with Gasteiger partial charge in [-0.25, -0.2) is 0 Å². The molecule has 0 aromatic heterocycles. The molecule has 1 aromatic carbocycles. The van der Waals surface area contributed by atoms with E-state index in [0.717, 1.165) is 0 Å². The number of likely N-dealkylation sites (N-methyl/N-ethyl adjacent to an activating group) is 1. The Morgan fingerprint density at radius 3 is 2.27 bits per heavy atom. The molecule has 0 bridgehead atoms. The number of nitrogens with zero attached hydrogens (tertiary/aromatic N) is 2. The van der Waals surface area contributed by atoms with Gasteiger partial charge in [0.15, 0.2) is 0 Å². The zero-order valence-corrected chi connectivity index (χ0v) is 12.7. The minimum atomic E-state index is -0.536. The first kappa shape index (κ1) is 16.0. The Kier molecular flexibility index (Phi) is 5.14. The number of benzene rings is 1. The van der Waals surface area contributed by atoms with Crippen LogP contribution in [0.3, 0.4) is 0 Å². The topological polar surface area (TPSA) is 83.7 Å². The second-order valence-corrected chi connectivity index (χ2v) is 5.35. The Balaban J connectivity index is 2.03. The number of hydrogen-bond donors (Lipinski definition) is 1. The molecule has 1 fully saturated rings. The molecule has 0 saturated carbocycles. The van der Waals surface area contributed by atoms with Crippen LogP contribution in [0.4, 0.5) is 5.69 Å². The number of rotatable bonds is 3. The maximum atomic E-state index is 12.4. The van der Waals surface area contributed by atoms with Gasteiger partial charge in [0.05, 0.1) is 0 Å². The molecule has 2 rings (SSSR count). The Labute approximate surface area is 129 Å². The third kappa shape index (κ3) is 3.44. The Morgan fingerprint density at radius 2 is 1.77 bits per heavy atom. The average Bonchev–Trinajstić information content (AvgIpc) is 2.56. The number of primary amides is 1. The van der Waals surface area contributed by atoms with Crippen molar-refractivity contribution in [2.75, 3.05) is 24.5 Å². The van der Waals surface area contributed by atoms with Crippen LogP contribution in [-0.4, -0.2) is 42.3 Å². The van der Waals surface area contributed by atoms with Crippen molar-refractivity contribution in [2.45, 2.75) is 19.8 Å². The molecule has 22 heavy (non-hydrogen) atoms. The molecule has 1 aliphatic heterocycles. The van der Waals surface area contributed by atoms with Gasteiger partial charge in [0.2, 0.25) is 5.91 Å². The first-order chi connectivity index (χ1) is 10.5. The van der Waals surface area contributed by atoms with E-state index in [9.17, 15) is 14.4 Å². The van der Waals surface area contributed by atoms with Gasteiger partial charge in [0.25, 0.3) is 0 Å². The molecule has 0 aliphatic carbocycles. The number of carbonyl (C=O) groups is 3. The lowest BCUT2D eigenvalue weighted by Crippen LogP contribution is -2.49. The molecule has 1 aromatic rings. The first-order valence-electron chi connectivity index (χ1n) is 7.49. The number of piperidine rings is 1. The molecule has 0 atom stereocenters. The highest BCUT2D eigenvalue weighted by molar-refractivity contribution is 6.40. The molecule has 118 valence electrons. The fraction of sp³-hybridized carbons (Fsp3) is 0.438. The van der Waals surface area contributed by atoms with Gasteiger partial charge in [-0.3, -0.25) is 14.4 Å². The highest BCUT2D eigenvalue weighted by Crippen LogP contribution is 2.19. The maximum absolute atomic E-state index is 12.4. The van der Waals surface area contributed by atoms with E-state index in [-0.39, 0.29) is 11.8 Å². The number of nitrogens with two attached hydrogens (primary N) is 1. The highest BCUT2D eigenvalue weighted by atomic mass is 16.2. The van der Waals surface area contributed by atoms with Gasteiger partial charge < -0.3 is 15.5 Å². The number of para-hydroxylation sites is 1. The molecule has 1 aliphatic rings. The monoisotopic (exact) mass is 303 g/mol. The van der Waals surface area contributed by atoms with Gasteiger partial charge in [0.1, 0.15) is 0 Å². The Bertz CT molecular complexity index is 551. The number of carbonyl (C=O) groups excluding carboxylic acids is 3. The minimum Gasteiger partial charge on any atom is -0.369 e. The van der Waals surface area contributed by atoms with Gasteiger partial charge >= 0.3 is 11.8 Å². The predicted molar refractivity (Wildman–Crippen MR) is 83.0 cm³/mol. The third-order valence-corrected chi connectivity index (χ3v) is 4.00. The summed E-state index contributed by atoms with van der Waals surface area (Å²) in [6, 6.07) is 9.11. The van der Waals surface area contributed by atoms with Crippen LogP contribution in [0.5, 0.6) is 0 Å². The van der Waals surface area contributed by atoms with Crippen molar-refractivity contribution in [2.24, 2.45) is 11.7 Å². The van der Waals surface area contributed by atoms with Crippen LogP contribution in [0.15, 0.2) is 30.3 Å². The lowest BCUT2D eigenvalue weighted by molar-refractivity contribution is -0.145. The fourth-order valence-electron chi connectivity index (χ4n) is 2.67. The summed E-state index contributed by atoms with van der Waals surface area (Å²) in [4.78, 5) is 38.9. The van der Waals surface area contributed by atoms with E-state index < -0.39 is 11.8 Å². The minimum absolute atomic E-state index is 0.199. The second kappa shape index (κ2) is 7.06. The van der Waals surface area contributed by atoms with Crippen LogP contribution in [0.2, 0.25) is 0 Å². The summed E-state index contributed by atoms with van der Waals surface area (Å²) in [5.41, 5.74) is 5.98. The van der Waals surface area contributed by atoms with E-state index in [2.05, 4.69) is 0 Å². The number of likely N-dealkylation sites (tertiary alicyclic amines) is 1. The quantitative estimate of drug-likeness (QED) is 0.837. The van der Waals surface area contributed by atoms with Gasteiger partial charge in [-0.2, -0.15) is 0 Å². The zero-order chi connectivity index (χ0) is 16.1. The predicted octanol–water partition coefficient (Wildman–Crippen LogP) is 0.763. The molecule has 1 saturated heterocycles. The van der Waals surface area contributed by atoms with Gasteiger partial charge in [0, 0.05) is 31.2 Å². The van der Waals surface area contributed by atoms with E-state index in [1.807, 2.05) is 25.1 Å². The molecular weight excluding hydrogens is 282 g/mol. The lowest BCUT2D eigenvalue weighted by Gasteiger charge is -2.31. The van der Waals surface area contributed by atoms with Crippen molar-refractivity contribution < 1.29 is 14.4 Å². The largest absolute Gasteiger partial charge is 0.369 e. The van der Waals surface area contributed by atoms with E-state index >= 15 is 0 Å². The molecule has 1 heterocycles. The van der Waals surface area contributed by atoms with E-state index in [1.165, 1.54) is 9.80 Å². The Hall–Kier alpha value is -2.37. The molecule has 6 heteroatoms. The van der Waals surface area contributed by atoms with Crippen molar-refractivity contribution in [1.29, 1.82) is 0 Å². The van der Waals surface area contributed by atoms with Crippen molar-refractivity contribution in [3.63, 3.8) is 0 Å². The summed E-state index contributed by atoms with van der Waals surface area (Å²) >= 11 is 0. The van der Waals surface area contributed by atoms with Crippen molar-refractivity contribution in [3.05, 3.63) is 30.3 Å². The fourth-order valence-corrected chi connectivity index (χ4v) is 2.67. The van der Waals surface area contributed by atoms with Crippen LogP contribution in [0.1, 0.15) is 19.8 Å². The summed E-state index contributed by atoms with van der Waals surface area (Å²) in [6.45, 7) is 3.04. The van der Waals surface area contributed by atoms with Crippen molar-refractivity contribution in [3.8, 4) is 0 Å². The molecule has 0 radical (unpaired) electrons. The van der Waals surface area contributed by atoms with Crippen molar-refractivity contribution >= 4 is 23.4 Å². The standard InChI is InChI=1S/C16H21N3O3/c1-2-19(13-6-4-3-5-7-13)16(22)15(21)18-10-8-12(9-11-18)14(17)20/h3-7,12H,2,8-11H2,1H3,(H2,17,20). The van der Waals surface area contributed by atoms with E-state index in [0.29, 0.717) is 38.2 Å². The van der Waals surface area contributed by atoms with Crippen LogP contribution >= 0.6 is 0 Å². The van der Waals surface area contributed by atoms with Gasteiger partial charge in [-0.15, -0.1) is 0 Å². The van der Waals surface area contributed by atoms with Gasteiger partial charge in [-0.1, -0.05) is 18.2 Å². The third-order valence-electron chi connectivity index (χ3n) is 4.00. The number of amides is 3. The van der Waals surface area contributed by atoms with Crippen molar-refractivity contribution in [1.82, 2.24) is 4.90 Å². The Morgan fingerprint density at radius 1 is 1.18 bits per heavy atom. The number of anilines is 1. The highest BCUT2D eigenvalue weighted by Gasteiger charge is 2.31. The average molecular weight is 303 g/mol. The molecule has 0 spiro atoms. The molecule has 6 nitrogen and oxygen atoms in total. The summed E-state index contributed by atoms with van der Waals surface area (Å²) in [7, 11) is 0. The zero-order valence-electron chi connectivity index (χ0n) is 12.7. The summed E-state index contributed by atoms with van der Waals surface area (Å²) in [6.07, 6.45) is 1.04. The maximum Gasteiger partial charge on any atom is 0.316 e. The second-order valence-electron chi connectivity index (χ2n) is 5.35. The normalized spacial score (nSPS) is 15.4. The molecular formula is C16H21N3O3. The smallest absolute Gasteiger partial charge is 0.316 e. The first-order valence-corrected chi connectivity index (χ1v) is 7.49. The molecule has 2 N–H and O–H groups in total. The summed E-state index contributed by atoms with van der Waals surface area (Å²) in [5.74, 6) is -1.59. The lowest BCUT2D eigenvalue weighted by atomic mass is 9.96.